The van der Waals surface area contributed by atoms with Crippen LogP contribution in [0.4, 0.5) is 22.4 Å². The second kappa shape index (κ2) is 6.89. The van der Waals surface area contributed by atoms with E-state index >= 15 is 0 Å². The van der Waals surface area contributed by atoms with E-state index in [-0.39, 0.29) is 0 Å². The molecule has 0 unspecified atom stereocenters. The number of pyridine rings is 1. The Morgan fingerprint density at radius 3 is 2.27 bits per heavy atom. The number of rotatable bonds is 3. The number of nitrogens with zero attached hydrogens (tertiary/aromatic N) is 1. The van der Waals surface area contributed by atoms with Crippen LogP contribution in [-0.2, 0) is 16.2 Å². The zero-order valence-corrected chi connectivity index (χ0v) is 14.4. The highest BCUT2D eigenvalue weighted by Gasteiger charge is 2.32. The van der Waals surface area contributed by atoms with Gasteiger partial charge in [0.1, 0.15) is 10.7 Å². The van der Waals surface area contributed by atoms with Crippen LogP contribution in [0.5, 0.6) is 0 Å². The van der Waals surface area contributed by atoms with Crippen molar-refractivity contribution in [1.29, 1.82) is 0 Å². The number of alkyl halides is 3. The molecule has 0 saturated carbocycles. The zero-order chi connectivity index (χ0) is 19.9. The molecule has 1 heterocycles. The van der Waals surface area contributed by atoms with E-state index in [1.807, 2.05) is 0 Å². The first-order chi connectivity index (χ1) is 11.8. The number of carbonyl (C=O) groups is 1. The summed E-state index contributed by atoms with van der Waals surface area (Å²) in [5.41, 5.74) is -2.26. The molecule has 2 N–H and O–H groups in total. The molecule has 1 aromatic carbocycles. The average Bonchev–Trinajstić information content (AvgIpc) is 2.45. The number of carboxylic acid groups (broad SMARTS) is 1. The lowest BCUT2D eigenvalue weighted by atomic mass is 10.1. The molecular formula is C13H6Cl2F4N2O4S. The van der Waals surface area contributed by atoms with Gasteiger partial charge in [0.25, 0.3) is 10.0 Å². The second-order valence-electron chi connectivity index (χ2n) is 4.73. The molecule has 13 heteroatoms. The molecule has 0 radical (unpaired) electrons. The Labute approximate surface area is 153 Å². The van der Waals surface area contributed by atoms with E-state index in [4.69, 9.17) is 28.3 Å². The van der Waals surface area contributed by atoms with Crippen LogP contribution in [0, 0.1) is 5.82 Å². The molecule has 1 amide bonds. The third kappa shape index (κ3) is 4.17. The molecule has 26 heavy (non-hydrogen) atoms. The van der Waals surface area contributed by atoms with E-state index in [9.17, 15) is 30.8 Å². The first-order valence-electron chi connectivity index (χ1n) is 6.31. The number of hydrogen-bond donors (Lipinski definition) is 2. The fraction of sp³-hybridized carbons (Fsp3) is 0.0769. The molecule has 0 saturated heterocycles. The van der Waals surface area contributed by atoms with Crippen LogP contribution in [0.2, 0.25) is 10.0 Å². The molecule has 2 rings (SSSR count). The first kappa shape index (κ1) is 20.2. The minimum atomic E-state index is -4.74. The van der Waals surface area contributed by atoms with Gasteiger partial charge in [0, 0.05) is 11.8 Å². The van der Waals surface area contributed by atoms with E-state index in [0.717, 1.165) is 0 Å². The number of halogens is 6. The van der Waals surface area contributed by atoms with E-state index < -0.39 is 59.9 Å². The van der Waals surface area contributed by atoms with E-state index in [1.165, 1.54) is 4.72 Å². The van der Waals surface area contributed by atoms with Gasteiger partial charge >= 0.3 is 12.3 Å². The normalized spacial score (nSPS) is 12.1. The van der Waals surface area contributed by atoms with Gasteiger partial charge in [-0.05, 0) is 18.2 Å². The minimum absolute atomic E-state index is 0.388. The van der Waals surface area contributed by atoms with Crippen LogP contribution >= 0.6 is 23.2 Å². The number of sulfonamides is 1. The molecule has 0 atom stereocenters. The van der Waals surface area contributed by atoms with Crippen molar-refractivity contribution in [2.24, 2.45) is 0 Å². The van der Waals surface area contributed by atoms with Gasteiger partial charge < -0.3 is 5.11 Å². The summed E-state index contributed by atoms with van der Waals surface area (Å²) in [7, 11) is -4.68. The third-order valence-corrected chi connectivity index (χ3v) is 5.03. The summed E-state index contributed by atoms with van der Waals surface area (Å²) in [6, 6.07) is 1.65. The topological polar surface area (TPSA) is 96.4 Å². The quantitative estimate of drug-likeness (QED) is 0.709. The van der Waals surface area contributed by atoms with Crippen LogP contribution in [0.15, 0.2) is 29.3 Å². The van der Waals surface area contributed by atoms with Crippen molar-refractivity contribution in [3.63, 3.8) is 0 Å². The number of hydrogen-bond acceptors (Lipinski definition) is 4. The molecule has 0 aliphatic heterocycles. The van der Waals surface area contributed by atoms with Crippen molar-refractivity contribution in [3.05, 3.63) is 45.8 Å². The van der Waals surface area contributed by atoms with E-state index in [2.05, 4.69) is 4.98 Å². The fourth-order valence-electron chi connectivity index (χ4n) is 1.88. The summed E-state index contributed by atoms with van der Waals surface area (Å²) in [6.45, 7) is 0. The molecule has 0 fully saturated rings. The number of benzene rings is 1. The molecule has 140 valence electrons. The monoisotopic (exact) mass is 432 g/mol. The maximum absolute atomic E-state index is 14.1. The molecule has 0 spiro atoms. The fourth-order valence-corrected chi connectivity index (χ4v) is 3.53. The molecule has 0 aliphatic rings. The Kier molecular flexibility index (Phi) is 5.36. The maximum Gasteiger partial charge on any atom is 0.418 e. The van der Waals surface area contributed by atoms with Crippen LogP contribution in [-0.4, -0.2) is 24.6 Å². The zero-order valence-electron chi connectivity index (χ0n) is 12.1. The Balaban J connectivity index is 2.65. The summed E-state index contributed by atoms with van der Waals surface area (Å²) in [4.78, 5) is 13.2. The summed E-state index contributed by atoms with van der Waals surface area (Å²) in [6.07, 6.45) is -6.27. The average molecular weight is 433 g/mol. The summed E-state index contributed by atoms with van der Waals surface area (Å²) >= 11 is 11.3. The van der Waals surface area contributed by atoms with Gasteiger partial charge in [0.2, 0.25) is 0 Å². The number of amides is 1. The van der Waals surface area contributed by atoms with Gasteiger partial charge in [-0.25, -0.2) is 22.3 Å². The summed E-state index contributed by atoms with van der Waals surface area (Å²) in [5, 5.41) is 7.29. The lowest BCUT2D eigenvalue weighted by molar-refractivity contribution is -0.137. The van der Waals surface area contributed by atoms with Crippen molar-refractivity contribution in [3.8, 4) is 11.3 Å². The van der Waals surface area contributed by atoms with E-state index in [1.54, 1.807) is 0 Å². The standard InChI is InChI=1S/C13H6Cl2F4N2O4S/c14-7-3-9(16)6(2-10(7)26(24,25)21-12(22)23)11-8(15)1-5(4-20-11)13(17,18)19/h1-4,21H,(H,22,23). The Morgan fingerprint density at radius 1 is 1.15 bits per heavy atom. The van der Waals surface area contributed by atoms with Crippen molar-refractivity contribution in [1.82, 2.24) is 9.71 Å². The number of nitrogens with one attached hydrogen (secondary N) is 1. The van der Waals surface area contributed by atoms with Gasteiger partial charge in [0.15, 0.2) is 0 Å². The van der Waals surface area contributed by atoms with Gasteiger partial charge in [-0.2, -0.15) is 13.2 Å². The van der Waals surface area contributed by atoms with E-state index in [0.29, 0.717) is 24.4 Å². The largest absolute Gasteiger partial charge is 0.464 e. The minimum Gasteiger partial charge on any atom is -0.464 e. The molecule has 6 nitrogen and oxygen atoms in total. The highest BCUT2D eigenvalue weighted by Crippen LogP contribution is 2.36. The predicted molar refractivity (Wildman–Crippen MR) is 83.0 cm³/mol. The van der Waals surface area contributed by atoms with Crippen LogP contribution < -0.4 is 4.72 Å². The lowest BCUT2D eigenvalue weighted by Gasteiger charge is -2.12. The first-order valence-corrected chi connectivity index (χ1v) is 8.54. The second-order valence-corrected chi connectivity index (χ2v) is 7.19. The van der Waals surface area contributed by atoms with Crippen LogP contribution in [0.1, 0.15) is 5.56 Å². The van der Waals surface area contributed by atoms with Gasteiger partial charge in [-0.3, -0.25) is 4.98 Å². The highest BCUT2D eigenvalue weighted by molar-refractivity contribution is 7.90. The highest BCUT2D eigenvalue weighted by atomic mass is 35.5. The molecule has 0 aliphatic carbocycles. The Hall–Kier alpha value is -2.11. The summed E-state index contributed by atoms with van der Waals surface area (Å²) in [5.74, 6) is -1.13. The van der Waals surface area contributed by atoms with Gasteiger partial charge in [-0.15, -0.1) is 0 Å². The molecule has 2 aromatic rings. The predicted octanol–water partition coefficient (Wildman–Crippen LogP) is 4.17. The molecule has 0 bridgehead atoms. The third-order valence-electron chi connectivity index (χ3n) is 2.96. The Bertz CT molecular complexity index is 996. The summed E-state index contributed by atoms with van der Waals surface area (Å²) < 4.78 is 77.1. The van der Waals surface area contributed by atoms with Crippen molar-refractivity contribution in [2.45, 2.75) is 11.1 Å². The number of aromatic nitrogens is 1. The Morgan fingerprint density at radius 2 is 1.77 bits per heavy atom. The maximum atomic E-state index is 14.1. The van der Waals surface area contributed by atoms with Gasteiger partial charge in [0.05, 0.1) is 21.3 Å². The van der Waals surface area contributed by atoms with Crippen LogP contribution in [0.25, 0.3) is 11.3 Å². The SMILES string of the molecule is O=C(O)NS(=O)(=O)c1cc(-c2ncc(C(F)(F)F)cc2Cl)c(F)cc1Cl. The van der Waals surface area contributed by atoms with Crippen molar-refractivity contribution < 1.29 is 35.9 Å². The smallest absolute Gasteiger partial charge is 0.418 e. The lowest BCUT2D eigenvalue weighted by Crippen LogP contribution is -2.29. The molecular weight excluding hydrogens is 427 g/mol. The van der Waals surface area contributed by atoms with Crippen molar-refractivity contribution >= 4 is 39.3 Å². The van der Waals surface area contributed by atoms with Crippen molar-refractivity contribution in [2.75, 3.05) is 0 Å². The molecule has 1 aromatic heterocycles. The van der Waals surface area contributed by atoms with Gasteiger partial charge in [-0.1, -0.05) is 23.2 Å². The van der Waals surface area contributed by atoms with Crippen LogP contribution in [0.3, 0.4) is 0 Å².